The Kier molecular flexibility index (Phi) is 6.06. The van der Waals surface area contributed by atoms with Gasteiger partial charge in [-0.15, -0.1) is 0 Å². The molecule has 0 aliphatic rings. The molecule has 0 bridgehead atoms. The van der Waals surface area contributed by atoms with E-state index in [9.17, 15) is 29.8 Å². The predicted octanol–water partition coefficient (Wildman–Crippen LogP) is 3.40. The van der Waals surface area contributed by atoms with Gasteiger partial charge in [0.05, 0.1) is 9.85 Å². The van der Waals surface area contributed by atoms with E-state index in [1.807, 2.05) is 0 Å². The van der Waals surface area contributed by atoms with E-state index in [-0.39, 0.29) is 46.8 Å². The summed E-state index contributed by atoms with van der Waals surface area (Å²) in [6.45, 7) is 0. The molecule has 12 nitrogen and oxygen atoms in total. The first-order chi connectivity index (χ1) is 13.2. The summed E-state index contributed by atoms with van der Waals surface area (Å²) < 4.78 is 9.17. The number of non-ortho nitro benzene ring substituents is 2. The molecular weight excluding hydrogens is 380 g/mol. The molecule has 0 saturated heterocycles. The Morgan fingerprint density at radius 2 is 1.14 bits per heavy atom. The number of nitro benzene ring substituents is 2. The Balaban J connectivity index is 2.38. The van der Waals surface area contributed by atoms with E-state index in [0.717, 1.165) is 36.4 Å². The fraction of sp³-hybridized carbons (Fsp3) is 0.125. The molecule has 0 spiro atoms. The molecule has 2 aromatic rings. The van der Waals surface area contributed by atoms with Crippen molar-refractivity contribution < 1.29 is 39.1 Å². The average molecular weight is 392 g/mol. The first kappa shape index (κ1) is 20.1. The Hall–Kier alpha value is -4.22. The predicted molar refractivity (Wildman–Crippen MR) is 90.9 cm³/mol. The molecule has 2 N–H and O–H groups in total. The number of hydrogen-bond acceptors (Lipinski definition) is 8. The van der Waals surface area contributed by atoms with Crippen LogP contribution in [0.25, 0.3) is 0 Å². The number of benzene rings is 2. The Morgan fingerprint density at radius 1 is 0.786 bits per heavy atom. The van der Waals surface area contributed by atoms with Crippen molar-refractivity contribution in [2.24, 2.45) is 0 Å². The summed E-state index contributed by atoms with van der Waals surface area (Å²) in [5.41, 5.74) is -0.337. The van der Waals surface area contributed by atoms with E-state index in [4.69, 9.17) is 10.2 Å². The van der Waals surface area contributed by atoms with Crippen LogP contribution in [0, 0.1) is 20.2 Å². The van der Waals surface area contributed by atoms with Crippen LogP contribution in [-0.4, -0.2) is 32.4 Å². The monoisotopic (exact) mass is 392 g/mol. The fourth-order valence-electron chi connectivity index (χ4n) is 2.41. The molecule has 146 valence electrons. The molecule has 0 radical (unpaired) electrons. The molecule has 12 heteroatoms. The Labute approximate surface area is 155 Å². The van der Waals surface area contributed by atoms with Gasteiger partial charge in [0, 0.05) is 35.4 Å². The highest BCUT2D eigenvalue weighted by Crippen LogP contribution is 2.29. The van der Waals surface area contributed by atoms with Crippen molar-refractivity contribution in [1.29, 1.82) is 0 Å². The second-order valence-corrected chi connectivity index (χ2v) is 5.33. The standard InChI is InChI=1S/C16H12N2O10/c19-15(20)27-13-5-3-11(17(23)24)7-9(13)1-2-10-8-12(18(25)26)4-6-14(10)28-16(21)22/h3-8H,1-2H2,(H,19,20)(H,21,22). The molecule has 0 fully saturated rings. The maximum Gasteiger partial charge on any atom is 0.511 e. The van der Waals surface area contributed by atoms with Crippen LogP contribution in [0.15, 0.2) is 36.4 Å². The lowest BCUT2D eigenvalue weighted by Crippen LogP contribution is -2.08. The van der Waals surface area contributed by atoms with Crippen LogP contribution in [0.3, 0.4) is 0 Å². The third-order valence-corrected chi connectivity index (χ3v) is 3.57. The summed E-state index contributed by atoms with van der Waals surface area (Å²) in [6, 6.07) is 6.57. The van der Waals surface area contributed by atoms with Crippen molar-refractivity contribution in [3.8, 4) is 11.5 Å². The summed E-state index contributed by atoms with van der Waals surface area (Å²) >= 11 is 0. The van der Waals surface area contributed by atoms with Crippen LogP contribution >= 0.6 is 0 Å². The number of ether oxygens (including phenoxy) is 2. The average Bonchev–Trinajstić information content (AvgIpc) is 2.60. The first-order valence-electron chi connectivity index (χ1n) is 7.53. The molecule has 0 saturated carbocycles. The molecule has 0 aliphatic carbocycles. The van der Waals surface area contributed by atoms with Gasteiger partial charge in [0.2, 0.25) is 0 Å². The number of carboxylic acid groups (broad SMARTS) is 2. The molecule has 2 aromatic carbocycles. The lowest BCUT2D eigenvalue weighted by atomic mass is 10.0. The van der Waals surface area contributed by atoms with Gasteiger partial charge < -0.3 is 19.7 Å². The van der Waals surface area contributed by atoms with Gasteiger partial charge >= 0.3 is 12.3 Å². The van der Waals surface area contributed by atoms with Crippen LogP contribution in [0.5, 0.6) is 11.5 Å². The van der Waals surface area contributed by atoms with Crippen LogP contribution in [0.1, 0.15) is 11.1 Å². The summed E-state index contributed by atoms with van der Waals surface area (Å²) in [5, 5.41) is 39.4. The minimum atomic E-state index is -1.62. The molecular formula is C16H12N2O10. The van der Waals surface area contributed by atoms with Crippen LogP contribution in [0.4, 0.5) is 21.0 Å². The van der Waals surface area contributed by atoms with E-state index in [1.54, 1.807) is 0 Å². The third kappa shape index (κ3) is 5.14. The second-order valence-electron chi connectivity index (χ2n) is 5.33. The minimum Gasteiger partial charge on any atom is -0.449 e. The van der Waals surface area contributed by atoms with Gasteiger partial charge in [-0.25, -0.2) is 9.59 Å². The zero-order valence-corrected chi connectivity index (χ0v) is 13.9. The van der Waals surface area contributed by atoms with Crippen molar-refractivity contribution in [3.63, 3.8) is 0 Å². The topological polar surface area (TPSA) is 179 Å². The summed E-state index contributed by atoms with van der Waals surface area (Å²) in [4.78, 5) is 42.1. The van der Waals surface area contributed by atoms with E-state index in [1.165, 1.54) is 0 Å². The summed E-state index contributed by atoms with van der Waals surface area (Å²) in [7, 11) is 0. The first-order valence-corrected chi connectivity index (χ1v) is 7.53. The molecule has 0 aromatic heterocycles. The van der Waals surface area contributed by atoms with Gasteiger partial charge in [0.1, 0.15) is 11.5 Å². The molecule has 0 heterocycles. The SMILES string of the molecule is O=C(O)Oc1ccc([N+](=O)[O-])cc1CCc1cc([N+](=O)[O-])ccc1OC(=O)O. The van der Waals surface area contributed by atoms with Crippen LogP contribution < -0.4 is 9.47 Å². The number of nitrogens with zero attached hydrogens (tertiary/aromatic N) is 2. The molecule has 0 unspecified atom stereocenters. The van der Waals surface area contributed by atoms with Gasteiger partial charge in [-0.2, -0.15) is 0 Å². The molecule has 2 rings (SSSR count). The highest BCUT2D eigenvalue weighted by molar-refractivity contribution is 5.63. The van der Waals surface area contributed by atoms with Gasteiger partial charge in [-0.05, 0) is 25.0 Å². The maximum absolute atomic E-state index is 10.9. The summed E-state index contributed by atoms with van der Waals surface area (Å²) in [6.07, 6.45) is -3.33. The number of carbonyl (C=O) groups is 2. The lowest BCUT2D eigenvalue weighted by molar-refractivity contribution is -0.385. The maximum atomic E-state index is 10.9. The van der Waals surface area contributed by atoms with Gasteiger partial charge in [0.25, 0.3) is 11.4 Å². The van der Waals surface area contributed by atoms with Gasteiger partial charge in [-0.3, -0.25) is 20.2 Å². The van der Waals surface area contributed by atoms with E-state index >= 15 is 0 Å². The largest absolute Gasteiger partial charge is 0.511 e. The van der Waals surface area contributed by atoms with Gasteiger partial charge in [0.15, 0.2) is 0 Å². The zero-order valence-electron chi connectivity index (χ0n) is 13.9. The summed E-state index contributed by atoms with van der Waals surface area (Å²) in [5.74, 6) is -0.298. The lowest BCUT2D eigenvalue weighted by Gasteiger charge is -2.10. The number of nitro groups is 2. The Bertz CT molecular complexity index is 879. The van der Waals surface area contributed by atoms with Crippen LogP contribution in [-0.2, 0) is 12.8 Å². The highest BCUT2D eigenvalue weighted by atomic mass is 16.7. The molecule has 0 amide bonds. The van der Waals surface area contributed by atoms with E-state index < -0.39 is 22.2 Å². The van der Waals surface area contributed by atoms with Crippen molar-refractivity contribution in [2.45, 2.75) is 12.8 Å². The number of aryl methyl sites for hydroxylation is 2. The minimum absolute atomic E-state index is 0.0402. The normalized spacial score (nSPS) is 10.1. The molecule has 0 aliphatic heterocycles. The van der Waals surface area contributed by atoms with Gasteiger partial charge in [-0.1, -0.05) is 0 Å². The van der Waals surface area contributed by atoms with E-state index in [0.29, 0.717) is 0 Å². The second kappa shape index (κ2) is 8.44. The molecule has 0 atom stereocenters. The van der Waals surface area contributed by atoms with Crippen LogP contribution in [0.2, 0.25) is 0 Å². The van der Waals surface area contributed by atoms with Crippen molar-refractivity contribution in [1.82, 2.24) is 0 Å². The molecule has 28 heavy (non-hydrogen) atoms. The van der Waals surface area contributed by atoms with Crippen molar-refractivity contribution >= 4 is 23.7 Å². The fourth-order valence-corrected chi connectivity index (χ4v) is 2.41. The van der Waals surface area contributed by atoms with Crippen molar-refractivity contribution in [3.05, 3.63) is 67.8 Å². The zero-order chi connectivity index (χ0) is 20.8. The van der Waals surface area contributed by atoms with Crippen molar-refractivity contribution in [2.75, 3.05) is 0 Å². The van der Waals surface area contributed by atoms with E-state index in [2.05, 4.69) is 9.47 Å². The quantitative estimate of drug-likeness (QED) is 0.307. The smallest absolute Gasteiger partial charge is 0.449 e. The third-order valence-electron chi connectivity index (χ3n) is 3.57. The number of hydrogen-bond donors (Lipinski definition) is 2. The Morgan fingerprint density at radius 3 is 1.43 bits per heavy atom. The number of rotatable bonds is 7. The highest BCUT2D eigenvalue weighted by Gasteiger charge is 2.18.